The van der Waals surface area contributed by atoms with E-state index < -0.39 is 0 Å². The van der Waals surface area contributed by atoms with Crippen LogP contribution >= 0.6 is 11.6 Å². The van der Waals surface area contributed by atoms with Gasteiger partial charge < -0.3 is 24.9 Å². The molecule has 2 aromatic carbocycles. The number of carbonyl (C=O) groups excluding carboxylic acids is 2. The summed E-state index contributed by atoms with van der Waals surface area (Å²) in [5.74, 6) is 0.885. The molecule has 3 fully saturated rings. The first-order valence-electron chi connectivity index (χ1n) is 14.0. The number of piperidine rings is 2. The zero-order valence-corrected chi connectivity index (χ0v) is 23.4. The Bertz CT molecular complexity index is 1100. The number of rotatable bonds is 5. The molecule has 2 atom stereocenters. The van der Waals surface area contributed by atoms with Crippen LogP contribution in [0.25, 0.3) is 0 Å². The van der Waals surface area contributed by atoms with Crippen molar-refractivity contribution >= 4 is 34.9 Å². The lowest BCUT2D eigenvalue weighted by molar-refractivity contribution is -0.137. The van der Waals surface area contributed by atoms with Gasteiger partial charge in [-0.15, -0.1) is 0 Å². The van der Waals surface area contributed by atoms with Crippen molar-refractivity contribution in [3.63, 3.8) is 0 Å². The maximum absolute atomic E-state index is 13.1. The predicted molar refractivity (Wildman–Crippen MR) is 154 cm³/mol. The minimum atomic E-state index is -0.0398. The minimum Gasteiger partial charge on any atom is -0.369 e. The van der Waals surface area contributed by atoms with Gasteiger partial charge in [-0.3, -0.25) is 4.79 Å². The van der Waals surface area contributed by atoms with Crippen LogP contribution in [0.4, 0.5) is 16.2 Å². The molecule has 0 radical (unpaired) electrons. The van der Waals surface area contributed by atoms with E-state index in [4.69, 9.17) is 11.6 Å². The molecular formula is C30H40ClN5O2. The van der Waals surface area contributed by atoms with Crippen molar-refractivity contribution in [1.82, 2.24) is 14.7 Å². The Morgan fingerprint density at radius 1 is 0.895 bits per heavy atom. The topological polar surface area (TPSA) is 59.1 Å². The molecule has 3 amide bonds. The zero-order valence-electron chi connectivity index (χ0n) is 22.6. The van der Waals surface area contributed by atoms with Crippen LogP contribution in [-0.2, 0) is 4.79 Å². The Hall–Kier alpha value is -2.77. The number of anilines is 2. The van der Waals surface area contributed by atoms with Crippen LogP contribution < -0.4 is 10.2 Å². The van der Waals surface area contributed by atoms with E-state index in [0.717, 1.165) is 87.8 Å². The number of benzene rings is 2. The van der Waals surface area contributed by atoms with Gasteiger partial charge in [0.1, 0.15) is 0 Å². The highest BCUT2D eigenvalue weighted by atomic mass is 35.5. The number of carbonyl (C=O) groups is 2. The summed E-state index contributed by atoms with van der Waals surface area (Å²) in [7, 11) is 4.08. The van der Waals surface area contributed by atoms with Crippen molar-refractivity contribution in [3.8, 4) is 0 Å². The third-order valence-corrected chi connectivity index (χ3v) is 8.89. The Morgan fingerprint density at radius 2 is 1.61 bits per heavy atom. The molecule has 3 aliphatic rings. The standard InChI is InChI=1S/C30H40ClN5O2/c1-33-16-3-4-24(20-33)29(37)34(2)28-15-19-36(21-28)27-11-9-26(10-12-27)32-30(38)35-17-13-23(14-18-35)22-5-7-25(31)8-6-22/h5-12,23-24,28H,3-4,13-21H2,1-2H3,(H,32,38)/t24?,28-/m1/s1. The summed E-state index contributed by atoms with van der Waals surface area (Å²) in [6.45, 7) is 5.23. The number of amides is 3. The molecule has 3 heterocycles. The average Bonchev–Trinajstić information content (AvgIpc) is 3.43. The Balaban J connectivity index is 1.09. The number of nitrogens with one attached hydrogen (secondary N) is 1. The summed E-state index contributed by atoms with van der Waals surface area (Å²) in [6, 6.07) is 16.4. The van der Waals surface area contributed by atoms with E-state index in [0.29, 0.717) is 11.8 Å². The normalized spacial score (nSPS) is 22.9. The fraction of sp³-hybridized carbons (Fsp3) is 0.533. The van der Waals surface area contributed by atoms with Gasteiger partial charge in [0.2, 0.25) is 5.91 Å². The molecular weight excluding hydrogens is 498 g/mol. The third-order valence-electron chi connectivity index (χ3n) is 8.64. The molecule has 3 aliphatic heterocycles. The quantitative estimate of drug-likeness (QED) is 0.574. The van der Waals surface area contributed by atoms with Crippen LogP contribution in [0, 0.1) is 5.92 Å². The molecule has 1 unspecified atom stereocenters. The van der Waals surface area contributed by atoms with Gasteiger partial charge >= 0.3 is 6.03 Å². The van der Waals surface area contributed by atoms with E-state index in [1.807, 2.05) is 41.1 Å². The molecule has 204 valence electrons. The fourth-order valence-electron chi connectivity index (χ4n) is 6.24. The molecule has 0 aliphatic carbocycles. The van der Waals surface area contributed by atoms with Gasteiger partial charge in [0.05, 0.1) is 12.0 Å². The van der Waals surface area contributed by atoms with Gasteiger partial charge in [0, 0.05) is 56.2 Å². The van der Waals surface area contributed by atoms with Crippen molar-refractivity contribution in [2.45, 2.75) is 44.1 Å². The number of nitrogens with zero attached hydrogens (tertiary/aromatic N) is 4. The highest BCUT2D eigenvalue weighted by Crippen LogP contribution is 2.30. The summed E-state index contributed by atoms with van der Waals surface area (Å²) >= 11 is 6.02. The zero-order chi connectivity index (χ0) is 26.6. The number of likely N-dealkylation sites (N-methyl/N-ethyl adjacent to an activating group) is 1. The first-order valence-corrected chi connectivity index (χ1v) is 14.4. The number of hydrogen-bond acceptors (Lipinski definition) is 4. The largest absolute Gasteiger partial charge is 0.369 e. The van der Waals surface area contributed by atoms with Gasteiger partial charge in [0.25, 0.3) is 0 Å². The van der Waals surface area contributed by atoms with Crippen molar-refractivity contribution in [1.29, 1.82) is 0 Å². The van der Waals surface area contributed by atoms with E-state index in [1.165, 1.54) is 5.56 Å². The Kier molecular flexibility index (Phi) is 8.44. The van der Waals surface area contributed by atoms with Gasteiger partial charge in [-0.05, 0) is 93.6 Å². The summed E-state index contributed by atoms with van der Waals surface area (Å²) in [5.41, 5.74) is 3.24. The molecule has 0 aromatic heterocycles. The van der Waals surface area contributed by atoms with E-state index in [1.54, 1.807) is 0 Å². The Labute approximate surface area is 231 Å². The maximum Gasteiger partial charge on any atom is 0.321 e. The molecule has 7 nitrogen and oxygen atoms in total. The number of halogens is 1. The van der Waals surface area contributed by atoms with Crippen molar-refractivity contribution in [2.75, 3.05) is 63.6 Å². The summed E-state index contributed by atoms with van der Waals surface area (Å²) in [4.78, 5) is 34.5. The Morgan fingerprint density at radius 3 is 2.29 bits per heavy atom. The lowest BCUT2D eigenvalue weighted by atomic mass is 9.89. The first-order chi connectivity index (χ1) is 18.4. The summed E-state index contributed by atoms with van der Waals surface area (Å²) in [6.07, 6.45) is 4.99. The van der Waals surface area contributed by atoms with E-state index in [-0.39, 0.29) is 18.0 Å². The maximum atomic E-state index is 13.1. The van der Waals surface area contributed by atoms with E-state index in [2.05, 4.69) is 46.4 Å². The van der Waals surface area contributed by atoms with Gasteiger partial charge in [-0.2, -0.15) is 0 Å². The molecule has 0 spiro atoms. The number of hydrogen-bond donors (Lipinski definition) is 1. The van der Waals surface area contributed by atoms with Crippen molar-refractivity contribution in [3.05, 3.63) is 59.1 Å². The van der Waals surface area contributed by atoms with Crippen LogP contribution in [0.15, 0.2) is 48.5 Å². The van der Waals surface area contributed by atoms with Crippen LogP contribution in [0.3, 0.4) is 0 Å². The SMILES string of the molecule is CN1CCCC(C(=O)N(C)[C@@H]2CCN(c3ccc(NC(=O)N4CCC(c5ccc(Cl)cc5)CC4)cc3)C2)C1. The van der Waals surface area contributed by atoms with Crippen LogP contribution in [-0.4, -0.2) is 86.0 Å². The third kappa shape index (κ3) is 6.26. The second-order valence-electron chi connectivity index (χ2n) is 11.2. The van der Waals surface area contributed by atoms with E-state index in [9.17, 15) is 9.59 Å². The second-order valence-corrected chi connectivity index (χ2v) is 11.7. The molecule has 3 saturated heterocycles. The molecule has 8 heteroatoms. The molecule has 2 aromatic rings. The predicted octanol–water partition coefficient (Wildman–Crippen LogP) is 5.13. The summed E-state index contributed by atoms with van der Waals surface area (Å²) < 4.78 is 0. The van der Waals surface area contributed by atoms with Crippen molar-refractivity contribution < 1.29 is 9.59 Å². The lowest BCUT2D eigenvalue weighted by Gasteiger charge is -2.34. The highest BCUT2D eigenvalue weighted by Gasteiger charge is 2.33. The van der Waals surface area contributed by atoms with Gasteiger partial charge in [-0.1, -0.05) is 23.7 Å². The molecule has 1 N–H and O–H groups in total. The second kappa shape index (κ2) is 12.0. The summed E-state index contributed by atoms with van der Waals surface area (Å²) in [5, 5.41) is 3.82. The van der Waals surface area contributed by atoms with Crippen LogP contribution in [0.5, 0.6) is 0 Å². The van der Waals surface area contributed by atoms with Gasteiger partial charge in [0.15, 0.2) is 0 Å². The van der Waals surface area contributed by atoms with Crippen molar-refractivity contribution in [2.24, 2.45) is 5.92 Å². The monoisotopic (exact) mass is 537 g/mol. The number of likely N-dealkylation sites (tertiary alicyclic amines) is 2. The minimum absolute atomic E-state index is 0.0398. The number of urea groups is 1. The molecule has 0 saturated carbocycles. The lowest BCUT2D eigenvalue weighted by Crippen LogP contribution is -2.46. The van der Waals surface area contributed by atoms with Gasteiger partial charge in [-0.25, -0.2) is 4.79 Å². The highest BCUT2D eigenvalue weighted by molar-refractivity contribution is 6.30. The first kappa shape index (κ1) is 26.8. The average molecular weight is 538 g/mol. The molecule has 5 rings (SSSR count). The molecule has 38 heavy (non-hydrogen) atoms. The van der Waals surface area contributed by atoms with E-state index >= 15 is 0 Å². The smallest absolute Gasteiger partial charge is 0.321 e. The van der Waals surface area contributed by atoms with Crippen LogP contribution in [0.1, 0.15) is 43.6 Å². The fourth-order valence-corrected chi connectivity index (χ4v) is 6.36. The van der Waals surface area contributed by atoms with Crippen LogP contribution in [0.2, 0.25) is 5.02 Å². The molecule has 0 bridgehead atoms.